The van der Waals surface area contributed by atoms with Gasteiger partial charge in [-0.3, -0.25) is 9.59 Å². The van der Waals surface area contributed by atoms with E-state index in [-0.39, 0.29) is 17.9 Å². The molecular formula is C26H27N5O2. The lowest BCUT2D eigenvalue weighted by molar-refractivity contribution is -0.115. The zero-order valence-electron chi connectivity index (χ0n) is 18.5. The summed E-state index contributed by atoms with van der Waals surface area (Å²) in [6.45, 7) is 0.628. The minimum absolute atomic E-state index is 0.117. The summed E-state index contributed by atoms with van der Waals surface area (Å²) in [6, 6.07) is 17.1. The standard InChI is InChI=1S/C26H27N5O2/c32-24(14-18-6-2-1-3-7-18)27-21-11-13-31(25(33)17-21)12-5-4-8-22-15-20-16-23(19-9-10-19)28-26(20)30-29-22/h1-3,6-7,11,13,15-17,19H,4-5,8-10,12,14H2,(H,27,32)(H,28,30). The maximum atomic E-state index is 12.4. The molecule has 2 N–H and O–H groups in total. The maximum Gasteiger partial charge on any atom is 0.252 e. The Hall–Kier alpha value is -3.74. The number of unbranched alkanes of at least 4 members (excludes halogenated alkanes) is 1. The van der Waals surface area contributed by atoms with Crippen molar-refractivity contribution in [1.29, 1.82) is 0 Å². The normalized spacial score (nSPS) is 13.3. The Kier molecular flexibility index (Phi) is 6.02. The second-order valence-corrected chi connectivity index (χ2v) is 8.75. The summed E-state index contributed by atoms with van der Waals surface area (Å²) in [7, 11) is 0. The van der Waals surface area contributed by atoms with Crippen molar-refractivity contribution < 1.29 is 4.79 Å². The highest BCUT2D eigenvalue weighted by molar-refractivity contribution is 5.92. The van der Waals surface area contributed by atoms with Crippen LogP contribution < -0.4 is 10.9 Å². The predicted octanol–water partition coefficient (Wildman–Crippen LogP) is 4.20. The molecule has 168 valence electrons. The number of hydrogen-bond donors (Lipinski definition) is 2. The summed E-state index contributed by atoms with van der Waals surface area (Å²) >= 11 is 0. The Morgan fingerprint density at radius 1 is 1.06 bits per heavy atom. The van der Waals surface area contributed by atoms with Crippen molar-refractivity contribution in [3.63, 3.8) is 0 Å². The highest BCUT2D eigenvalue weighted by Crippen LogP contribution is 2.40. The van der Waals surface area contributed by atoms with Crippen LogP contribution in [0.1, 0.15) is 48.6 Å². The fourth-order valence-corrected chi connectivity index (χ4v) is 4.08. The minimum Gasteiger partial charge on any atom is -0.342 e. The van der Waals surface area contributed by atoms with Crippen molar-refractivity contribution in [3.05, 3.63) is 88.1 Å². The third kappa shape index (κ3) is 5.37. The van der Waals surface area contributed by atoms with E-state index in [2.05, 4.69) is 32.6 Å². The molecule has 0 unspecified atom stereocenters. The molecule has 1 saturated carbocycles. The van der Waals surface area contributed by atoms with Gasteiger partial charge in [0.2, 0.25) is 5.91 Å². The van der Waals surface area contributed by atoms with Crippen LogP contribution in [0.25, 0.3) is 11.0 Å². The highest BCUT2D eigenvalue weighted by Gasteiger charge is 2.25. The molecule has 1 aliphatic rings. The first-order valence-electron chi connectivity index (χ1n) is 11.5. The zero-order valence-corrected chi connectivity index (χ0v) is 18.5. The van der Waals surface area contributed by atoms with Gasteiger partial charge >= 0.3 is 0 Å². The van der Waals surface area contributed by atoms with Gasteiger partial charge < -0.3 is 14.9 Å². The molecule has 1 amide bonds. The summed E-state index contributed by atoms with van der Waals surface area (Å²) in [5.41, 5.74) is 4.46. The molecule has 1 aromatic carbocycles. The molecule has 7 heteroatoms. The van der Waals surface area contributed by atoms with Gasteiger partial charge in [0, 0.05) is 35.6 Å². The van der Waals surface area contributed by atoms with Crippen molar-refractivity contribution in [3.8, 4) is 0 Å². The van der Waals surface area contributed by atoms with E-state index in [1.54, 1.807) is 16.8 Å². The van der Waals surface area contributed by atoms with E-state index in [1.165, 1.54) is 24.6 Å². The third-order valence-electron chi connectivity index (χ3n) is 6.03. The molecule has 4 aromatic rings. The highest BCUT2D eigenvalue weighted by atomic mass is 16.1. The lowest BCUT2D eigenvalue weighted by Crippen LogP contribution is -2.21. The number of aromatic nitrogens is 4. The van der Waals surface area contributed by atoms with Crippen LogP contribution >= 0.6 is 0 Å². The van der Waals surface area contributed by atoms with E-state index in [0.717, 1.165) is 41.6 Å². The molecule has 0 spiro atoms. The fraction of sp³-hybridized carbons (Fsp3) is 0.308. The number of carbonyl (C=O) groups is 1. The number of aryl methyl sites for hydroxylation is 2. The number of H-pyrrole nitrogens is 1. The van der Waals surface area contributed by atoms with Gasteiger partial charge in [-0.25, -0.2) is 0 Å². The first-order chi connectivity index (χ1) is 16.1. The number of rotatable bonds is 9. The Morgan fingerprint density at radius 3 is 2.70 bits per heavy atom. The molecule has 0 radical (unpaired) electrons. The van der Waals surface area contributed by atoms with Crippen LogP contribution in [0, 0.1) is 0 Å². The van der Waals surface area contributed by atoms with E-state index in [4.69, 9.17) is 0 Å². The van der Waals surface area contributed by atoms with E-state index in [9.17, 15) is 9.59 Å². The molecular weight excluding hydrogens is 414 g/mol. The molecule has 0 atom stereocenters. The number of benzene rings is 1. The van der Waals surface area contributed by atoms with Gasteiger partial charge in [0.1, 0.15) is 0 Å². The Morgan fingerprint density at radius 2 is 1.91 bits per heavy atom. The van der Waals surface area contributed by atoms with E-state index < -0.39 is 0 Å². The van der Waals surface area contributed by atoms with Crippen molar-refractivity contribution >= 4 is 22.6 Å². The molecule has 7 nitrogen and oxygen atoms in total. The molecule has 1 aliphatic carbocycles. The number of hydrogen-bond acceptors (Lipinski definition) is 4. The molecule has 33 heavy (non-hydrogen) atoms. The molecule has 0 saturated heterocycles. The molecule has 3 heterocycles. The van der Waals surface area contributed by atoms with Crippen LogP contribution in [-0.4, -0.2) is 25.7 Å². The number of carbonyl (C=O) groups excluding carboxylic acids is 1. The topological polar surface area (TPSA) is 92.7 Å². The smallest absolute Gasteiger partial charge is 0.252 e. The van der Waals surface area contributed by atoms with Gasteiger partial charge in [-0.2, -0.15) is 5.10 Å². The van der Waals surface area contributed by atoms with Gasteiger partial charge in [-0.05, 0) is 61.8 Å². The lowest BCUT2D eigenvalue weighted by atomic mass is 10.1. The van der Waals surface area contributed by atoms with Crippen LogP contribution in [0.15, 0.2) is 65.6 Å². The Labute approximate surface area is 191 Å². The van der Waals surface area contributed by atoms with Crippen molar-refractivity contribution in [2.45, 2.75) is 51.0 Å². The molecule has 0 bridgehead atoms. The molecule has 1 fully saturated rings. The average molecular weight is 442 g/mol. The van der Waals surface area contributed by atoms with Crippen molar-refractivity contribution in [2.24, 2.45) is 0 Å². The van der Waals surface area contributed by atoms with Crippen LogP contribution in [0.4, 0.5) is 5.69 Å². The lowest BCUT2D eigenvalue weighted by Gasteiger charge is -2.09. The quantitative estimate of drug-likeness (QED) is 0.381. The van der Waals surface area contributed by atoms with E-state index in [0.29, 0.717) is 18.2 Å². The number of aromatic amines is 1. The number of nitrogens with one attached hydrogen (secondary N) is 2. The van der Waals surface area contributed by atoms with E-state index in [1.807, 2.05) is 30.3 Å². The largest absolute Gasteiger partial charge is 0.342 e. The first-order valence-corrected chi connectivity index (χ1v) is 11.5. The van der Waals surface area contributed by atoms with Gasteiger partial charge in [0.05, 0.1) is 12.1 Å². The van der Waals surface area contributed by atoms with Gasteiger partial charge in [0.25, 0.3) is 5.56 Å². The number of anilines is 1. The Balaban J connectivity index is 1.11. The van der Waals surface area contributed by atoms with Gasteiger partial charge in [-0.1, -0.05) is 30.3 Å². The number of fused-ring (bicyclic) bond motifs is 1. The van der Waals surface area contributed by atoms with Crippen LogP contribution in [0.3, 0.4) is 0 Å². The number of pyridine rings is 1. The van der Waals surface area contributed by atoms with Gasteiger partial charge in [-0.15, -0.1) is 5.10 Å². The second kappa shape index (κ2) is 9.40. The fourth-order valence-electron chi connectivity index (χ4n) is 4.08. The number of amides is 1. The monoisotopic (exact) mass is 441 g/mol. The van der Waals surface area contributed by atoms with Crippen LogP contribution in [0.2, 0.25) is 0 Å². The first kappa shape index (κ1) is 21.1. The third-order valence-corrected chi connectivity index (χ3v) is 6.03. The predicted molar refractivity (Wildman–Crippen MR) is 128 cm³/mol. The zero-order chi connectivity index (χ0) is 22.6. The molecule has 0 aliphatic heterocycles. The second-order valence-electron chi connectivity index (χ2n) is 8.75. The summed E-state index contributed by atoms with van der Waals surface area (Å²) < 4.78 is 1.68. The summed E-state index contributed by atoms with van der Waals surface area (Å²) in [6.07, 6.45) is 7.15. The molecule has 3 aromatic heterocycles. The summed E-state index contributed by atoms with van der Waals surface area (Å²) in [5, 5.41) is 12.6. The van der Waals surface area contributed by atoms with Gasteiger partial charge in [0.15, 0.2) is 5.65 Å². The average Bonchev–Trinajstić information content (AvgIpc) is 3.57. The minimum atomic E-state index is -0.136. The van der Waals surface area contributed by atoms with Crippen LogP contribution in [-0.2, 0) is 24.2 Å². The number of nitrogens with zero attached hydrogens (tertiary/aromatic N) is 3. The van der Waals surface area contributed by atoms with Crippen molar-refractivity contribution in [2.75, 3.05) is 5.32 Å². The van der Waals surface area contributed by atoms with Crippen LogP contribution in [0.5, 0.6) is 0 Å². The molecule has 5 rings (SSSR count). The van der Waals surface area contributed by atoms with Crippen molar-refractivity contribution in [1.82, 2.24) is 19.7 Å². The summed E-state index contributed by atoms with van der Waals surface area (Å²) in [4.78, 5) is 28.0. The Bertz CT molecular complexity index is 1320. The summed E-state index contributed by atoms with van der Waals surface area (Å²) in [5.74, 6) is 0.535. The SMILES string of the molecule is O=C(Cc1ccccc1)Nc1ccn(CCCCc2cc3cc(C4CC4)[nH]c3nn2)c(=O)c1. The van der Waals surface area contributed by atoms with E-state index >= 15 is 0 Å². The maximum absolute atomic E-state index is 12.4.